The van der Waals surface area contributed by atoms with Crippen molar-refractivity contribution < 1.29 is 4.74 Å². The Morgan fingerprint density at radius 2 is 2.09 bits per heavy atom. The van der Waals surface area contributed by atoms with E-state index < -0.39 is 0 Å². The molecule has 1 aromatic carbocycles. The third-order valence-corrected chi connectivity index (χ3v) is 6.43. The number of methoxy groups -OCH3 is 1. The lowest BCUT2D eigenvalue weighted by molar-refractivity contribution is 0.137. The third-order valence-electron chi connectivity index (χ3n) is 6.43. The minimum atomic E-state index is 0.277. The lowest BCUT2D eigenvalue weighted by Crippen LogP contribution is -2.56. The summed E-state index contributed by atoms with van der Waals surface area (Å²) in [6.45, 7) is 7.24. The predicted molar refractivity (Wildman–Crippen MR) is 94.0 cm³/mol. The maximum atomic E-state index is 5.49. The van der Waals surface area contributed by atoms with Crippen LogP contribution in [-0.2, 0) is 0 Å². The van der Waals surface area contributed by atoms with E-state index in [2.05, 4.69) is 50.9 Å². The zero-order chi connectivity index (χ0) is 15.9. The Kier molecular flexibility index (Phi) is 4.13. The molecule has 0 spiro atoms. The quantitative estimate of drug-likeness (QED) is 0.758. The predicted octanol–water partition coefficient (Wildman–Crippen LogP) is 5.22. The van der Waals surface area contributed by atoms with Gasteiger partial charge in [0.2, 0.25) is 0 Å². The summed E-state index contributed by atoms with van der Waals surface area (Å²) < 4.78 is 5.49. The van der Waals surface area contributed by atoms with Crippen LogP contribution in [-0.4, -0.2) is 19.7 Å². The van der Waals surface area contributed by atoms with E-state index in [1.165, 1.54) is 37.8 Å². The van der Waals surface area contributed by atoms with Crippen LogP contribution < -0.4 is 9.64 Å². The largest absolute Gasteiger partial charge is 0.497 e. The highest BCUT2D eigenvalue weighted by atomic mass is 16.5. The highest BCUT2D eigenvalue weighted by Gasteiger charge is 2.48. The minimum absolute atomic E-state index is 0.277. The van der Waals surface area contributed by atoms with Gasteiger partial charge in [-0.05, 0) is 55.6 Å². The summed E-state index contributed by atoms with van der Waals surface area (Å²) in [6, 6.07) is 6.72. The average molecular weight is 301 g/mol. The highest BCUT2D eigenvalue weighted by molar-refractivity contribution is 5.62. The second kappa shape index (κ2) is 5.79. The molecule has 4 atom stereocenters. The van der Waals surface area contributed by atoms with E-state index in [9.17, 15) is 0 Å². The standard InChI is InChI=1S/C20H31NO/c1-6-11-20(3)18-10-7-14(2)12-17(18)16-9-8-15(22-5)13-19(16)21(20)4/h8-9,13-14,17-18H,6-7,10-12H2,1-5H3. The Balaban J connectivity index is 2.10. The first-order chi connectivity index (χ1) is 10.5. The molecule has 2 aliphatic rings. The van der Waals surface area contributed by atoms with Crippen LogP contribution in [0.4, 0.5) is 5.69 Å². The zero-order valence-corrected chi connectivity index (χ0v) is 14.9. The molecule has 22 heavy (non-hydrogen) atoms. The van der Waals surface area contributed by atoms with Gasteiger partial charge < -0.3 is 9.64 Å². The fourth-order valence-corrected chi connectivity index (χ4v) is 5.11. The lowest BCUT2D eigenvalue weighted by atomic mass is 9.60. The number of rotatable bonds is 3. The number of fused-ring (bicyclic) bond motifs is 3. The first-order valence-electron chi connectivity index (χ1n) is 8.93. The van der Waals surface area contributed by atoms with Crippen LogP contribution in [0.2, 0.25) is 0 Å². The Labute approximate surface area is 135 Å². The zero-order valence-electron chi connectivity index (χ0n) is 14.9. The van der Waals surface area contributed by atoms with Gasteiger partial charge in [0.1, 0.15) is 5.75 Å². The molecule has 0 bridgehead atoms. The van der Waals surface area contributed by atoms with E-state index in [0.29, 0.717) is 0 Å². The lowest BCUT2D eigenvalue weighted by Gasteiger charge is -2.56. The fraction of sp³-hybridized carbons (Fsp3) is 0.700. The first-order valence-corrected chi connectivity index (χ1v) is 8.93. The smallest absolute Gasteiger partial charge is 0.120 e. The molecule has 1 aliphatic heterocycles. The van der Waals surface area contributed by atoms with Crippen LogP contribution in [0.25, 0.3) is 0 Å². The molecule has 2 heteroatoms. The molecule has 3 rings (SSSR count). The fourth-order valence-electron chi connectivity index (χ4n) is 5.11. The van der Waals surface area contributed by atoms with Crippen molar-refractivity contribution in [2.75, 3.05) is 19.1 Å². The molecule has 0 amide bonds. The number of nitrogens with zero attached hydrogens (tertiary/aromatic N) is 1. The molecule has 1 fully saturated rings. The molecule has 0 radical (unpaired) electrons. The number of ether oxygens (including phenoxy) is 1. The van der Waals surface area contributed by atoms with Gasteiger partial charge >= 0.3 is 0 Å². The van der Waals surface area contributed by atoms with Crippen molar-refractivity contribution in [3.05, 3.63) is 23.8 Å². The van der Waals surface area contributed by atoms with Gasteiger partial charge in [-0.1, -0.05) is 32.8 Å². The Morgan fingerprint density at radius 1 is 1.32 bits per heavy atom. The van der Waals surface area contributed by atoms with Gasteiger partial charge in [-0.3, -0.25) is 0 Å². The topological polar surface area (TPSA) is 12.5 Å². The first kappa shape index (κ1) is 15.7. The normalized spacial score (nSPS) is 34.0. The summed E-state index contributed by atoms with van der Waals surface area (Å²) in [5.41, 5.74) is 3.22. The molecular weight excluding hydrogens is 270 g/mol. The second-order valence-electron chi connectivity index (χ2n) is 7.72. The number of hydrogen-bond donors (Lipinski definition) is 0. The van der Waals surface area contributed by atoms with Crippen molar-refractivity contribution >= 4 is 5.69 Å². The molecule has 0 aromatic heterocycles. The molecule has 4 unspecified atom stereocenters. The van der Waals surface area contributed by atoms with Gasteiger partial charge in [0, 0.05) is 24.3 Å². The highest BCUT2D eigenvalue weighted by Crippen LogP contribution is 2.55. The van der Waals surface area contributed by atoms with Crippen LogP contribution >= 0.6 is 0 Å². The molecule has 1 aromatic rings. The maximum absolute atomic E-state index is 5.49. The van der Waals surface area contributed by atoms with Crippen molar-refractivity contribution in [3.63, 3.8) is 0 Å². The van der Waals surface area contributed by atoms with Crippen molar-refractivity contribution in [1.29, 1.82) is 0 Å². The molecule has 2 nitrogen and oxygen atoms in total. The third kappa shape index (κ3) is 2.31. The van der Waals surface area contributed by atoms with Gasteiger partial charge in [-0.2, -0.15) is 0 Å². The number of anilines is 1. The molecule has 1 saturated carbocycles. The minimum Gasteiger partial charge on any atom is -0.497 e. The summed E-state index contributed by atoms with van der Waals surface area (Å²) in [5.74, 6) is 3.34. The van der Waals surface area contributed by atoms with E-state index in [1.807, 2.05) is 0 Å². The maximum Gasteiger partial charge on any atom is 0.120 e. The van der Waals surface area contributed by atoms with Crippen LogP contribution in [0.5, 0.6) is 5.75 Å². The average Bonchev–Trinajstić information content (AvgIpc) is 2.52. The molecule has 0 saturated heterocycles. The van der Waals surface area contributed by atoms with Gasteiger partial charge in [-0.15, -0.1) is 0 Å². The van der Waals surface area contributed by atoms with E-state index >= 15 is 0 Å². The van der Waals surface area contributed by atoms with Crippen LogP contribution in [0, 0.1) is 11.8 Å². The second-order valence-corrected chi connectivity index (χ2v) is 7.72. The van der Waals surface area contributed by atoms with Gasteiger partial charge in [-0.25, -0.2) is 0 Å². The van der Waals surface area contributed by atoms with Crippen LogP contribution in [0.15, 0.2) is 18.2 Å². The molecule has 0 N–H and O–H groups in total. The van der Waals surface area contributed by atoms with Crippen molar-refractivity contribution in [3.8, 4) is 5.75 Å². The number of benzene rings is 1. The van der Waals surface area contributed by atoms with E-state index in [4.69, 9.17) is 4.74 Å². The summed E-state index contributed by atoms with van der Waals surface area (Å²) in [6.07, 6.45) is 6.63. The Bertz CT molecular complexity index is 541. The number of hydrogen-bond acceptors (Lipinski definition) is 2. The van der Waals surface area contributed by atoms with E-state index in [1.54, 1.807) is 12.7 Å². The Morgan fingerprint density at radius 3 is 2.77 bits per heavy atom. The van der Waals surface area contributed by atoms with Gasteiger partial charge in [0.05, 0.1) is 7.11 Å². The monoisotopic (exact) mass is 301 g/mol. The van der Waals surface area contributed by atoms with Crippen LogP contribution in [0.3, 0.4) is 0 Å². The molecule has 1 heterocycles. The van der Waals surface area contributed by atoms with Crippen molar-refractivity contribution in [1.82, 2.24) is 0 Å². The van der Waals surface area contributed by atoms with E-state index in [0.717, 1.165) is 23.5 Å². The summed E-state index contributed by atoms with van der Waals surface area (Å²) in [5, 5.41) is 0. The van der Waals surface area contributed by atoms with Gasteiger partial charge in [0.25, 0.3) is 0 Å². The van der Waals surface area contributed by atoms with Crippen molar-refractivity contribution in [2.24, 2.45) is 11.8 Å². The summed E-state index contributed by atoms with van der Waals surface area (Å²) in [4.78, 5) is 2.56. The molecule has 1 aliphatic carbocycles. The van der Waals surface area contributed by atoms with Crippen molar-refractivity contribution in [2.45, 2.75) is 64.3 Å². The van der Waals surface area contributed by atoms with Gasteiger partial charge in [0.15, 0.2) is 0 Å². The van der Waals surface area contributed by atoms with Crippen LogP contribution in [0.1, 0.15) is 64.4 Å². The molecular formula is C20H31NO. The SMILES string of the molecule is CCCC1(C)C2CCC(C)CC2c2ccc(OC)cc2N1C. The summed E-state index contributed by atoms with van der Waals surface area (Å²) >= 11 is 0. The Hall–Kier alpha value is -1.18. The van der Waals surface area contributed by atoms with E-state index in [-0.39, 0.29) is 5.54 Å². The summed E-state index contributed by atoms with van der Waals surface area (Å²) in [7, 11) is 4.06. The molecule has 122 valence electrons.